The number of barbiturate groups is 1. The molecule has 1 aromatic heterocycles. The molecule has 0 atom stereocenters. The van der Waals surface area contributed by atoms with E-state index in [1.807, 2.05) is 0 Å². The predicted octanol–water partition coefficient (Wildman–Crippen LogP) is 4.32. The molecule has 1 saturated heterocycles. The number of non-ortho nitro benzene ring substituents is 1. The molecule has 1 N–H and O–H groups in total. The van der Waals surface area contributed by atoms with Crippen LogP contribution in [0.5, 0.6) is 0 Å². The Kier molecular flexibility index (Phi) is 5.57. The van der Waals surface area contributed by atoms with E-state index in [2.05, 4.69) is 5.32 Å². The molecule has 2 aromatic carbocycles. The lowest BCUT2D eigenvalue weighted by Gasteiger charge is -2.26. The molecule has 0 radical (unpaired) electrons. The van der Waals surface area contributed by atoms with Gasteiger partial charge in [-0.25, -0.2) is 9.69 Å². The standard InChI is InChI=1S/C23H17ClN4O5/c1-13-9-15(14(2)26(13)18-7-4-8-19(12-18)28(32)33)10-20-21(29)25-23(31)27(22(20)30)17-6-3-5-16(24)11-17/h3-12H,1-2H3,(H,25,29,31)/b20-10+. The fourth-order valence-electron chi connectivity index (χ4n) is 3.74. The minimum Gasteiger partial charge on any atom is -0.318 e. The third kappa shape index (κ3) is 4.01. The molecule has 0 spiro atoms. The first-order chi connectivity index (χ1) is 15.7. The lowest BCUT2D eigenvalue weighted by molar-refractivity contribution is -0.384. The molecule has 33 heavy (non-hydrogen) atoms. The lowest BCUT2D eigenvalue weighted by atomic mass is 10.1. The van der Waals surface area contributed by atoms with E-state index in [0.29, 0.717) is 22.0 Å². The summed E-state index contributed by atoms with van der Waals surface area (Å²) in [6, 6.07) is 13.2. The quantitative estimate of drug-likeness (QED) is 0.267. The molecule has 10 heteroatoms. The predicted molar refractivity (Wildman–Crippen MR) is 122 cm³/mol. The van der Waals surface area contributed by atoms with Crippen LogP contribution < -0.4 is 10.2 Å². The van der Waals surface area contributed by atoms with Crippen LogP contribution in [-0.2, 0) is 9.59 Å². The molecular formula is C23H17ClN4O5. The molecule has 2 heterocycles. The lowest BCUT2D eigenvalue weighted by Crippen LogP contribution is -2.54. The van der Waals surface area contributed by atoms with Crippen molar-refractivity contribution in [3.8, 4) is 5.69 Å². The molecule has 3 aromatic rings. The summed E-state index contributed by atoms with van der Waals surface area (Å²) < 4.78 is 1.78. The van der Waals surface area contributed by atoms with Crippen LogP contribution in [0.15, 0.2) is 60.2 Å². The zero-order chi connectivity index (χ0) is 23.9. The van der Waals surface area contributed by atoms with E-state index >= 15 is 0 Å². The summed E-state index contributed by atoms with van der Waals surface area (Å²) in [4.78, 5) is 49.5. The van der Waals surface area contributed by atoms with Crippen molar-refractivity contribution >= 4 is 46.9 Å². The molecule has 9 nitrogen and oxygen atoms in total. The largest absolute Gasteiger partial charge is 0.335 e. The molecule has 4 rings (SSSR count). The highest BCUT2D eigenvalue weighted by molar-refractivity contribution is 6.39. The summed E-state index contributed by atoms with van der Waals surface area (Å²) >= 11 is 5.99. The van der Waals surface area contributed by atoms with E-state index in [1.165, 1.54) is 30.3 Å². The third-order valence-corrected chi connectivity index (χ3v) is 5.47. The number of aromatic nitrogens is 1. The Morgan fingerprint density at radius 3 is 2.39 bits per heavy atom. The second kappa shape index (κ2) is 8.36. The number of rotatable bonds is 4. The number of nitrogens with zero attached hydrogens (tertiary/aromatic N) is 3. The number of hydrogen-bond donors (Lipinski definition) is 1. The Morgan fingerprint density at radius 1 is 1.00 bits per heavy atom. The minimum absolute atomic E-state index is 0.0579. The van der Waals surface area contributed by atoms with Crippen molar-refractivity contribution in [1.29, 1.82) is 0 Å². The zero-order valence-corrected chi connectivity index (χ0v) is 18.3. The zero-order valence-electron chi connectivity index (χ0n) is 17.5. The van der Waals surface area contributed by atoms with Gasteiger partial charge in [0.2, 0.25) is 0 Å². The van der Waals surface area contributed by atoms with Crippen molar-refractivity contribution in [2.75, 3.05) is 4.90 Å². The summed E-state index contributed by atoms with van der Waals surface area (Å²) in [5.41, 5.74) is 2.47. The Hall–Kier alpha value is -4.24. The van der Waals surface area contributed by atoms with Gasteiger partial charge < -0.3 is 4.57 Å². The molecule has 0 saturated carbocycles. The van der Waals surface area contributed by atoms with Gasteiger partial charge in [0.25, 0.3) is 17.5 Å². The average Bonchev–Trinajstić information content (AvgIpc) is 3.04. The summed E-state index contributed by atoms with van der Waals surface area (Å²) in [7, 11) is 0. The molecule has 1 aliphatic heterocycles. The van der Waals surface area contributed by atoms with E-state index < -0.39 is 22.8 Å². The summed E-state index contributed by atoms with van der Waals surface area (Å²) in [6.45, 7) is 3.57. The molecule has 0 bridgehead atoms. The van der Waals surface area contributed by atoms with Crippen LogP contribution in [0.4, 0.5) is 16.2 Å². The Labute approximate surface area is 193 Å². The first-order valence-electron chi connectivity index (χ1n) is 9.78. The monoisotopic (exact) mass is 464 g/mol. The van der Waals surface area contributed by atoms with E-state index in [0.717, 1.165) is 10.6 Å². The molecule has 1 aliphatic rings. The maximum Gasteiger partial charge on any atom is 0.335 e. The Balaban J connectivity index is 1.77. The number of aryl methyl sites for hydroxylation is 1. The molecule has 1 fully saturated rings. The molecule has 0 unspecified atom stereocenters. The topological polar surface area (TPSA) is 115 Å². The molecule has 4 amide bonds. The van der Waals surface area contributed by atoms with Crippen molar-refractivity contribution in [3.05, 3.63) is 92.3 Å². The van der Waals surface area contributed by atoms with Crippen molar-refractivity contribution in [2.24, 2.45) is 0 Å². The van der Waals surface area contributed by atoms with Crippen LogP contribution >= 0.6 is 11.6 Å². The van der Waals surface area contributed by atoms with Gasteiger partial charge in [-0.3, -0.25) is 25.0 Å². The van der Waals surface area contributed by atoms with Crippen LogP contribution in [0, 0.1) is 24.0 Å². The van der Waals surface area contributed by atoms with Crippen LogP contribution in [0.2, 0.25) is 5.02 Å². The van der Waals surface area contributed by atoms with Gasteiger partial charge in [0, 0.05) is 28.5 Å². The van der Waals surface area contributed by atoms with Crippen molar-refractivity contribution in [3.63, 3.8) is 0 Å². The van der Waals surface area contributed by atoms with E-state index in [1.54, 1.807) is 48.7 Å². The highest BCUT2D eigenvalue weighted by Gasteiger charge is 2.37. The van der Waals surface area contributed by atoms with Gasteiger partial charge in [-0.15, -0.1) is 0 Å². The van der Waals surface area contributed by atoms with E-state index in [4.69, 9.17) is 11.6 Å². The second-order valence-corrected chi connectivity index (χ2v) is 7.81. The SMILES string of the molecule is Cc1cc(/C=C2\C(=O)NC(=O)N(c3cccc(Cl)c3)C2=O)c(C)n1-c1cccc([N+](=O)[O-])c1. The van der Waals surface area contributed by atoms with Gasteiger partial charge in [0.1, 0.15) is 5.57 Å². The summed E-state index contributed by atoms with van der Waals surface area (Å²) in [5, 5.41) is 13.7. The number of nitro groups is 1. The minimum atomic E-state index is -0.869. The van der Waals surface area contributed by atoms with Gasteiger partial charge in [0.05, 0.1) is 16.3 Å². The first-order valence-corrected chi connectivity index (χ1v) is 10.2. The number of nitrogens with one attached hydrogen (secondary N) is 1. The maximum absolute atomic E-state index is 13.1. The summed E-state index contributed by atoms with van der Waals surface area (Å²) in [5.74, 6) is -1.60. The molecular weight excluding hydrogens is 448 g/mol. The number of amides is 4. The van der Waals surface area contributed by atoms with Crippen molar-refractivity contribution < 1.29 is 19.3 Å². The third-order valence-electron chi connectivity index (χ3n) is 5.24. The van der Waals surface area contributed by atoms with Crippen LogP contribution in [0.3, 0.4) is 0 Å². The van der Waals surface area contributed by atoms with Crippen LogP contribution in [0.25, 0.3) is 11.8 Å². The van der Waals surface area contributed by atoms with Gasteiger partial charge in [-0.05, 0) is 55.8 Å². The first kappa shape index (κ1) is 22.0. The number of benzene rings is 2. The number of urea groups is 1. The van der Waals surface area contributed by atoms with Gasteiger partial charge in [0.15, 0.2) is 0 Å². The van der Waals surface area contributed by atoms with Gasteiger partial charge in [-0.2, -0.15) is 0 Å². The average molecular weight is 465 g/mol. The van der Waals surface area contributed by atoms with Gasteiger partial charge >= 0.3 is 6.03 Å². The highest BCUT2D eigenvalue weighted by Crippen LogP contribution is 2.28. The Morgan fingerprint density at radius 2 is 1.70 bits per heavy atom. The van der Waals surface area contributed by atoms with Crippen LogP contribution in [0.1, 0.15) is 17.0 Å². The number of imide groups is 2. The van der Waals surface area contributed by atoms with Crippen molar-refractivity contribution in [1.82, 2.24) is 9.88 Å². The fourth-order valence-corrected chi connectivity index (χ4v) is 3.92. The van der Waals surface area contributed by atoms with Crippen LogP contribution in [-0.4, -0.2) is 27.3 Å². The van der Waals surface area contributed by atoms with Crippen molar-refractivity contribution in [2.45, 2.75) is 13.8 Å². The Bertz CT molecular complexity index is 1370. The summed E-state index contributed by atoms with van der Waals surface area (Å²) in [6.07, 6.45) is 1.40. The molecule has 166 valence electrons. The number of anilines is 1. The normalized spacial score (nSPS) is 15.2. The fraction of sp³-hybridized carbons (Fsp3) is 0.0870. The number of halogens is 1. The number of carbonyl (C=O) groups is 3. The smallest absolute Gasteiger partial charge is 0.318 e. The second-order valence-electron chi connectivity index (χ2n) is 7.38. The highest BCUT2D eigenvalue weighted by atomic mass is 35.5. The number of nitro benzene ring substituents is 1. The van der Waals surface area contributed by atoms with E-state index in [-0.39, 0.29) is 16.9 Å². The molecule has 0 aliphatic carbocycles. The van der Waals surface area contributed by atoms with E-state index in [9.17, 15) is 24.5 Å². The number of hydrogen-bond acceptors (Lipinski definition) is 5. The maximum atomic E-state index is 13.1. The van der Waals surface area contributed by atoms with Gasteiger partial charge in [-0.1, -0.05) is 23.7 Å². The number of carbonyl (C=O) groups excluding carboxylic acids is 3.